The first kappa shape index (κ1) is 14.5. The van der Waals surface area contributed by atoms with Gasteiger partial charge in [0.15, 0.2) is 5.78 Å². The largest absolute Gasteiger partial charge is 0.295 e. The molecule has 1 heterocycles. The predicted octanol–water partition coefficient (Wildman–Crippen LogP) is 3.32. The van der Waals surface area contributed by atoms with Crippen LogP contribution >= 0.6 is 0 Å². The van der Waals surface area contributed by atoms with E-state index in [1.807, 2.05) is 18.2 Å². The van der Waals surface area contributed by atoms with E-state index >= 15 is 0 Å². The maximum absolute atomic E-state index is 12.0. The maximum Gasteiger partial charge on any atom is 0.236 e. The van der Waals surface area contributed by atoms with Gasteiger partial charge >= 0.3 is 0 Å². The summed E-state index contributed by atoms with van der Waals surface area (Å²) in [7, 11) is -3.39. The molecule has 1 aromatic heterocycles. The van der Waals surface area contributed by atoms with Crippen molar-refractivity contribution in [1.29, 1.82) is 0 Å². The second-order valence-corrected chi connectivity index (χ2v) is 7.12. The molecule has 0 radical (unpaired) electrons. The first-order valence-electron chi connectivity index (χ1n) is 6.80. The summed E-state index contributed by atoms with van der Waals surface area (Å²) in [4.78, 5) is 11.6. The first-order chi connectivity index (χ1) is 10.4. The Kier molecular flexibility index (Phi) is 3.37. The van der Waals surface area contributed by atoms with Crippen LogP contribution in [0, 0.1) is 0 Å². The number of aromatic nitrogens is 1. The van der Waals surface area contributed by atoms with E-state index in [1.165, 1.54) is 17.2 Å². The van der Waals surface area contributed by atoms with Crippen LogP contribution in [0.15, 0.2) is 54.7 Å². The van der Waals surface area contributed by atoms with Crippen LogP contribution in [0.25, 0.3) is 22.0 Å². The van der Waals surface area contributed by atoms with E-state index in [9.17, 15) is 13.2 Å². The average Bonchev–Trinajstić information content (AvgIpc) is 2.87. The quantitative estimate of drug-likeness (QED) is 0.697. The van der Waals surface area contributed by atoms with Gasteiger partial charge in [0, 0.05) is 22.7 Å². The van der Waals surface area contributed by atoms with E-state index in [0.29, 0.717) is 11.1 Å². The predicted molar refractivity (Wildman–Crippen MR) is 87.6 cm³/mol. The number of hydrogen-bond donors (Lipinski definition) is 0. The van der Waals surface area contributed by atoms with Crippen molar-refractivity contribution in [2.45, 2.75) is 6.92 Å². The molecule has 0 aliphatic rings. The van der Waals surface area contributed by atoms with Crippen LogP contribution < -0.4 is 0 Å². The fourth-order valence-corrected chi connectivity index (χ4v) is 3.37. The molecule has 4 nitrogen and oxygen atoms in total. The highest BCUT2D eigenvalue weighted by molar-refractivity contribution is 7.89. The number of rotatable bonds is 3. The second kappa shape index (κ2) is 5.10. The Morgan fingerprint density at radius 1 is 1.05 bits per heavy atom. The summed E-state index contributed by atoms with van der Waals surface area (Å²) in [5.74, 6) is -0.0197. The topological polar surface area (TPSA) is 56.1 Å². The molecule has 0 saturated carbocycles. The average molecular weight is 313 g/mol. The number of Topliss-reactive ketones (excluding diaryl/α,β-unsaturated/α-hetero) is 1. The molecule has 112 valence electrons. The van der Waals surface area contributed by atoms with E-state index in [0.717, 1.165) is 16.5 Å². The summed E-state index contributed by atoms with van der Waals surface area (Å²) in [5.41, 5.74) is 2.86. The normalized spacial score (nSPS) is 11.7. The van der Waals surface area contributed by atoms with Crippen LogP contribution in [0.4, 0.5) is 0 Å². The first-order valence-corrected chi connectivity index (χ1v) is 8.65. The van der Waals surface area contributed by atoms with Crippen LogP contribution in [0.2, 0.25) is 0 Å². The Morgan fingerprint density at radius 3 is 2.45 bits per heavy atom. The molecule has 2 aromatic carbocycles. The highest BCUT2D eigenvalue weighted by Crippen LogP contribution is 2.31. The molecule has 0 amide bonds. The Bertz CT molecular complexity index is 984. The lowest BCUT2D eigenvalue weighted by Gasteiger charge is -2.02. The van der Waals surface area contributed by atoms with Gasteiger partial charge in [-0.15, -0.1) is 0 Å². The Labute approximate surface area is 129 Å². The van der Waals surface area contributed by atoms with Crippen molar-refractivity contribution in [1.82, 2.24) is 3.97 Å². The van der Waals surface area contributed by atoms with E-state index in [2.05, 4.69) is 0 Å². The summed E-state index contributed by atoms with van der Waals surface area (Å²) in [6, 6.07) is 14.5. The van der Waals surface area contributed by atoms with Crippen LogP contribution in [0.5, 0.6) is 0 Å². The third-order valence-electron chi connectivity index (χ3n) is 3.62. The molecular weight excluding hydrogens is 298 g/mol. The zero-order chi connectivity index (χ0) is 15.9. The van der Waals surface area contributed by atoms with E-state index in [4.69, 9.17) is 0 Å². The van der Waals surface area contributed by atoms with Crippen molar-refractivity contribution in [3.63, 3.8) is 0 Å². The van der Waals surface area contributed by atoms with Crippen molar-refractivity contribution in [2.75, 3.05) is 6.26 Å². The number of carbonyl (C=O) groups excluding carboxylic acids is 1. The Hall–Kier alpha value is -2.40. The Morgan fingerprint density at radius 2 is 1.77 bits per heavy atom. The van der Waals surface area contributed by atoms with Crippen molar-refractivity contribution < 1.29 is 13.2 Å². The van der Waals surface area contributed by atoms with Gasteiger partial charge in [0.25, 0.3) is 0 Å². The monoisotopic (exact) mass is 313 g/mol. The molecule has 3 rings (SSSR count). The van der Waals surface area contributed by atoms with E-state index in [1.54, 1.807) is 36.5 Å². The van der Waals surface area contributed by atoms with Crippen molar-refractivity contribution in [2.24, 2.45) is 0 Å². The van der Waals surface area contributed by atoms with Crippen LogP contribution in [0.3, 0.4) is 0 Å². The molecule has 0 atom stereocenters. The minimum atomic E-state index is -3.39. The summed E-state index contributed by atoms with van der Waals surface area (Å²) < 4.78 is 25.2. The van der Waals surface area contributed by atoms with Gasteiger partial charge in [-0.05, 0) is 24.6 Å². The molecule has 0 fully saturated rings. The van der Waals surface area contributed by atoms with Crippen molar-refractivity contribution in [3.05, 3.63) is 60.3 Å². The van der Waals surface area contributed by atoms with Gasteiger partial charge in [-0.2, -0.15) is 0 Å². The maximum atomic E-state index is 12.0. The Balaban J connectivity index is 2.33. The number of carbonyl (C=O) groups is 1. The molecule has 0 N–H and O–H groups in total. The summed E-state index contributed by atoms with van der Waals surface area (Å²) in [6.07, 6.45) is 2.79. The van der Waals surface area contributed by atoms with Crippen LogP contribution in [-0.2, 0) is 10.0 Å². The minimum absolute atomic E-state index is 0.0197. The molecule has 0 bridgehead atoms. The molecule has 5 heteroatoms. The number of para-hydroxylation sites is 1. The smallest absolute Gasteiger partial charge is 0.236 e. The van der Waals surface area contributed by atoms with Crippen LogP contribution in [0.1, 0.15) is 17.3 Å². The molecule has 0 saturated heterocycles. The third-order valence-corrected chi connectivity index (χ3v) is 4.63. The van der Waals surface area contributed by atoms with Gasteiger partial charge in [-0.3, -0.25) is 4.79 Å². The molecular formula is C17H15NO3S. The third kappa shape index (κ3) is 2.44. The number of ketones is 1. The van der Waals surface area contributed by atoms with Gasteiger partial charge < -0.3 is 0 Å². The lowest BCUT2D eigenvalue weighted by molar-refractivity contribution is 0.101. The molecule has 0 aliphatic carbocycles. The number of hydrogen-bond acceptors (Lipinski definition) is 3. The lowest BCUT2D eigenvalue weighted by atomic mass is 10.0. The highest BCUT2D eigenvalue weighted by atomic mass is 32.2. The van der Waals surface area contributed by atoms with Gasteiger partial charge in [0.05, 0.1) is 11.8 Å². The van der Waals surface area contributed by atoms with E-state index < -0.39 is 10.0 Å². The highest BCUT2D eigenvalue weighted by Gasteiger charge is 2.15. The lowest BCUT2D eigenvalue weighted by Crippen LogP contribution is -2.07. The van der Waals surface area contributed by atoms with Gasteiger partial charge in [-0.25, -0.2) is 12.4 Å². The van der Waals surface area contributed by atoms with Crippen LogP contribution in [-0.4, -0.2) is 24.4 Å². The molecule has 3 aromatic rings. The number of fused-ring (bicyclic) bond motifs is 1. The fourth-order valence-electron chi connectivity index (χ4n) is 2.56. The SMILES string of the molecule is CC(=O)c1cccc(-c2cn(S(C)(=O)=O)c3ccccc23)c1. The minimum Gasteiger partial charge on any atom is -0.295 e. The van der Waals surface area contributed by atoms with Gasteiger partial charge in [-0.1, -0.05) is 36.4 Å². The molecule has 0 unspecified atom stereocenters. The second-order valence-electron chi connectivity index (χ2n) is 5.26. The summed E-state index contributed by atoms with van der Waals surface area (Å²) >= 11 is 0. The van der Waals surface area contributed by atoms with E-state index in [-0.39, 0.29) is 5.78 Å². The molecule has 22 heavy (non-hydrogen) atoms. The molecule has 0 spiro atoms. The standard InChI is InChI=1S/C17H15NO3S/c1-12(19)13-6-5-7-14(10-13)16-11-18(22(2,20)21)17-9-4-3-8-15(16)17/h3-11H,1-2H3. The number of benzene rings is 2. The zero-order valence-corrected chi connectivity index (χ0v) is 13.1. The number of nitrogens with zero attached hydrogens (tertiary/aromatic N) is 1. The fraction of sp³-hybridized carbons (Fsp3) is 0.118. The van der Waals surface area contributed by atoms with Gasteiger partial charge in [0.1, 0.15) is 0 Å². The molecule has 0 aliphatic heterocycles. The zero-order valence-electron chi connectivity index (χ0n) is 12.3. The van der Waals surface area contributed by atoms with Gasteiger partial charge in [0.2, 0.25) is 10.0 Å². The van der Waals surface area contributed by atoms with Crippen molar-refractivity contribution >= 4 is 26.7 Å². The van der Waals surface area contributed by atoms with Crippen molar-refractivity contribution in [3.8, 4) is 11.1 Å². The summed E-state index contributed by atoms with van der Waals surface area (Å²) in [6.45, 7) is 1.51. The summed E-state index contributed by atoms with van der Waals surface area (Å²) in [5, 5.41) is 0.841.